The number of aromatic carboxylic acids is 1. The summed E-state index contributed by atoms with van der Waals surface area (Å²) in [7, 11) is 0. The number of pyridine rings is 1. The summed E-state index contributed by atoms with van der Waals surface area (Å²) in [4.78, 5) is 77.6. The van der Waals surface area contributed by atoms with E-state index in [1.165, 1.54) is 16.4 Å². The Morgan fingerprint density at radius 2 is 1.82 bits per heavy atom. The fourth-order valence-corrected chi connectivity index (χ4v) is 7.02. The van der Waals surface area contributed by atoms with Crippen LogP contribution in [0.15, 0.2) is 21.9 Å². The normalized spacial score (nSPS) is 27.9. The van der Waals surface area contributed by atoms with Crippen molar-refractivity contribution in [3.8, 4) is 0 Å². The summed E-state index contributed by atoms with van der Waals surface area (Å²) in [5.41, 5.74) is -2.82. The van der Waals surface area contributed by atoms with Crippen molar-refractivity contribution >= 4 is 41.6 Å². The van der Waals surface area contributed by atoms with Crippen LogP contribution in [0.4, 0.5) is 19.4 Å². The number of ether oxygens (including phenoxy) is 1. The number of aliphatic hydroxyl groups is 1. The average molecular weight is 633 g/mol. The minimum Gasteiger partial charge on any atom is -0.477 e. The number of alkyl halides is 1. The van der Waals surface area contributed by atoms with Crippen LogP contribution >= 0.6 is 0 Å². The third-order valence-electron chi connectivity index (χ3n) is 9.25. The maximum atomic E-state index is 15.2. The van der Waals surface area contributed by atoms with Crippen LogP contribution in [-0.4, -0.2) is 92.4 Å². The van der Waals surface area contributed by atoms with Crippen LogP contribution in [0, 0.1) is 11.8 Å². The summed E-state index contributed by atoms with van der Waals surface area (Å²) in [5, 5.41) is 32.4. The number of ketones is 1. The van der Waals surface area contributed by atoms with Gasteiger partial charge in [0, 0.05) is 36.2 Å². The van der Waals surface area contributed by atoms with Gasteiger partial charge < -0.3 is 39.7 Å². The second-order valence-corrected chi connectivity index (χ2v) is 12.0. The van der Waals surface area contributed by atoms with Gasteiger partial charge in [-0.2, -0.15) is 0 Å². The Hall–Kier alpha value is -4.60. The lowest BCUT2D eigenvalue weighted by Crippen LogP contribution is -2.63. The molecule has 45 heavy (non-hydrogen) atoms. The zero-order valence-corrected chi connectivity index (χ0v) is 24.2. The maximum absolute atomic E-state index is 15.2. The largest absolute Gasteiger partial charge is 0.477 e. The van der Waals surface area contributed by atoms with Crippen LogP contribution in [0.1, 0.15) is 66.9 Å². The lowest BCUT2D eigenvalue weighted by Gasteiger charge is -2.46. The van der Waals surface area contributed by atoms with Gasteiger partial charge in [0.2, 0.25) is 23.3 Å². The summed E-state index contributed by atoms with van der Waals surface area (Å²) in [6.45, 7) is 2.80. The van der Waals surface area contributed by atoms with Crippen molar-refractivity contribution in [2.45, 2.75) is 63.5 Å². The number of carbonyl (C=O) groups excluding carboxylic acids is 3. The van der Waals surface area contributed by atoms with Crippen molar-refractivity contribution in [1.29, 1.82) is 0 Å². The quantitative estimate of drug-likeness (QED) is 0.302. The van der Waals surface area contributed by atoms with Crippen molar-refractivity contribution < 1.29 is 52.8 Å². The molecule has 0 bridgehead atoms. The minimum atomic E-state index is -2.49. The molecule has 4 heterocycles. The first-order valence-corrected chi connectivity index (χ1v) is 14.5. The van der Waals surface area contributed by atoms with Gasteiger partial charge >= 0.3 is 18.0 Å². The number of anilines is 1. The number of aliphatic hydroxyl groups excluding tert-OH is 1. The Morgan fingerprint density at radius 1 is 1.13 bits per heavy atom. The topological polar surface area (TPSA) is 196 Å². The van der Waals surface area contributed by atoms with E-state index in [0.717, 1.165) is 4.90 Å². The van der Waals surface area contributed by atoms with E-state index in [1.54, 1.807) is 6.92 Å². The van der Waals surface area contributed by atoms with Crippen LogP contribution in [-0.2, 0) is 19.1 Å². The molecule has 1 saturated carbocycles. The number of carbonyl (C=O) groups is 5. The molecule has 1 aromatic rings. The number of nitrogens with one attached hydrogen (secondary N) is 1. The molecular formula is C29H30F2N4O10. The van der Waals surface area contributed by atoms with Gasteiger partial charge in [-0.25, -0.2) is 23.2 Å². The molecule has 2 amide bonds. The SMILES string of the molecule is CC(O)[C@H]1C(=O)N2C(C(=O)O)=C(COC(=O)NC3CCN(c4c(C(=O)O)c(=O)c5c(n4C4CC4)C(F)C(=O)C(F)=C5)C3)[C@H](C)[C@H]12. The van der Waals surface area contributed by atoms with Gasteiger partial charge in [0.15, 0.2) is 5.83 Å². The van der Waals surface area contributed by atoms with E-state index in [-0.39, 0.29) is 42.3 Å². The Kier molecular flexibility index (Phi) is 7.29. The molecule has 3 aliphatic heterocycles. The number of nitrogens with zero attached hydrogens (tertiary/aromatic N) is 3. The minimum absolute atomic E-state index is 0.0185. The second-order valence-electron chi connectivity index (χ2n) is 12.0. The number of rotatable bonds is 8. The Balaban J connectivity index is 1.21. The lowest BCUT2D eigenvalue weighted by atomic mass is 9.78. The molecule has 3 fully saturated rings. The number of β-lactam (4-membered cyclic amide) rings is 1. The molecule has 2 saturated heterocycles. The number of allylic oxidation sites excluding steroid dienone is 1. The van der Waals surface area contributed by atoms with Crippen LogP contribution in [0.25, 0.3) is 6.08 Å². The first kappa shape index (κ1) is 30.4. The third-order valence-corrected chi connectivity index (χ3v) is 9.25. The van der Waals surface area contributed by atoms with Gasteiger partial charge in [-0.15, -0.1) is 0 Å². The zero-order chi connectivity index (χ0) is 32.6. The molecule has 3 unspecified atom stereocenters. The molecule has 2 aliphatic carbocycles. The van der Waals surface area contributed by atoms with Gasteiger partial charge in [0.05, 0.1) is 29.8 Å². The number of Topliss-reactive ketones (excluding diaryl/α,β-unsaturated/α-hetero) is 1. The predicted molar refractivity (Wildman–Crippen MR) is 149 cm³/mol. The fraction of sp³-hybridized carbons (Fsp3) is 0.517. The molecule has 240 valence electrons. The lowest BCUT2D eigenvalue weighted by molar-refractivity contribution is -0.163. The number of hydrogen-bond donors (Lipinski definition) is 4. The highest BCUT2D eigenvalue weighted by Crippen LogP contribution is 2.48. The Morgan fingerprint density at radius 3 is 2.42 bits per heavy atom. The summed E-state index contributed by atoms with van der Waals surface area (Å²) in [6.07, 6.45) is -2.53. The number of aliphatic carboxylic acids is 1. The first-order valence-electron chi connectivity index (χ1n) is 14.5. The number of hydrogen-bond acceptors (Lipinski definition) is 9. The smallest absolute Gasteiger partial charge is 0.407 e. The predicted octanol–water partition coefficient (Wildman–Crippen LogP) is 1.29. The van der Waals surface area contributed by atoms with Gasteiger partial charge in [0.1, 0.15) is 23.7 Å². The molecular weight excluding hydrogens is 602 g/mol. The molecule has 6 atom stereocenters. The summed E-state index contributed by atoms with van der Waals surface area (Å²) < 4.78 is 36.0. The van der Waals surface area contributed by atoms with Crippen molar-refractivity contribution in [1.82, 2.24) is 14.8 Å². The second kappa shape index (κ2) is 10.8. The van der Waals surface area contributed by atoms with E-state index >= 15 is 4.39 Å². The van der Waals surface area contributed by atoms with Gasteiger partial charge in [-0.1, -0.05) is 6.92 Å². The van der Waals surface area contributed by atoms with E-state index < -0.39 is 101 Å². The number of halogens is 2. The van der Waals surface area contributed by atoms with Crippen LogP contribution < -0.4 is 15.6 Å². The molecule has 0 spiro atoms. The Bertz CT molecular complexity index is 1680. The average Bonchev–Trinajstić information content (AvgIpc) is 3.64. The van der Waals surface area contributed by atoms with E-state index in [4.69, 9.17) is 4.74 Å². The highest BCUT2D eigenvalue weighted by molar-refractivity contribution is 6.05. The van der Waals surface area contributed by atoms with Crippen LogP contribution in [0.5, 0.6) is 0 Å². The monoisotopic (exact) mass is 632 g/mol. The zero-order valence-electron chi connectivity index (χ0n) is 24.2. The van der Waals surface area contributed by atoms with Crippen molar-refractivity contribution in [2.75, 3.05) is 24.6 Å². The van der Waals surface area contributed by atoms with E-state index in [2.05, 4.69) is 5.32 Å². The van der Waals surface area contributed by atoms with E-state index in [9.17, 15) is 48.5 Å². The summed E-state index contributed by atoms with van der Waals surface area (Å²) in [5.74, 6) is -7.85. The number of carboxylic acids is 2. The molecule has 0 aromatic carbocycles. The van der Waals surface area contributed by atoms with E-state index in [1.807, 2.05) is 0 Å². The van der Waals surface area contributed by atoms with Gasteiger partial charge in [0.25, 0.3) is 0 Å². The number of carboxylic acid groups (broad SMARTS) is 2. The highest BCUT2D eigenvalue weighted by Gasteiger charge is 2.60. The molecule has 16 heteroatoms. The molecule has 0 radical (unpaired) electrons. The molecule has 5 aliphatic rings. The standard InChI is InChI=1S/C29H30F2N4O10/c1-10-15(22(28(42)43)35-20(10)17(11(2)36)26(35)39)9-45-29(44)32-12-5-6-33(8-12)25-18(27(40)41)23(37)14-7-16(30)24(38)19(31)21(14)34(25)13-3-4-13/h7,10-13,17,19-20,36H,3-6,8-9H2,1-2H3,(H,32,44)(H,40,41)(H,42,43)/t10-,11?,12?,17+,19?,20+/m0/s1. The summed E-state index contributed by atoms with van der Waals surface area (Å²) in [6, 6.07) is -1.63. The Labute approximate surface area is 253 Å². The number of fused-ring (bicyclic) bond motifs is 2. The van der Waals surface area contributed by atoms with Crippen LogP contribution in [0.2, 0.25) is 0 Å². The highest BCUT2D eigenvalue weighted by atomic mass is 19.1. The molecule has 1 aromatic heterocycles. The first-order chi connectivity index (χ1) is 21.2. The van der Waals surface area contributed by atoms with Crippen molar-refractivity contribution in [3.63, 3.8) is 0 Å². The molecule has 4 N–H and O–H groups in total. The third kappa shape index (κ3) is 4.69. The van der Waals surface area contributed by atoms with E-state index in [0.29, 0.717) is 18.9 Å². The van der Waals surface area contributed by atoms with Gasteiger partial charge in [-0.05, 0) is 32.3 Å². The number of aromatic nitrogens is 1. The number of amides is 2. The number of alkyl carbamates (subject to hydrolysis) is 1. The van der Waals surface area contributed by atoms with Crippen LogP contribution in [0.3, 0.4) is 0 Å². The molecule has 6 rings (SSSR count). The van der Waals surface area contributed by atoms with Crippen molar-refractivity contribution in [2.24, 2.45) is 11.8 Å². The van der Waals surface area contributed by atoms with Gasteiger partial charge in [-0.3, -0.25) is 14.4 Å². The maximum Gasteiger partial charge on any atom is 0.407 e. The van der Waals surface area contributed by atoms with Crippen molar-refractivity contribution in [3.05, 3.63) is 44.1 Å². The fourth-order valence-electron chi connectivity index (χ4n) is 7.02. The summed E-state index contributed by atoms with van der Waals surface area (Å²) >= 11 is 0. The molecule has 14 nitrogen and oxygen atoms in total.